The molecule has 0 saturated carbocycles. The smallest absolute Gasteiger partial charge is 0.246 e. The zero-order valence-corrected chi connectivity index (χ0v) is 16.1. The van der Waals surface area contributed by atoms with E-state index in [4.69, 9.17) is 4.98 Å². The van der Waals surface area contributed by atoms with Gasteiger partial charge in [-0.05, 0) is 37.1 Å². The van der Waals surface area contributed by atoms with Crippen molar-refractivity contribution in [2.45, 2.75) is 18.8 Å². The molecule has 1 amide bonds. The zero-order valence-electron chi connectivity index (χ0n) is 16.1. The molecule has 0 atom stereocenters. The minimum Gasteiger partial charge on any atom is -0.342 e. The number of hydrogen-bond donors (Lipinski definition) is 1. The minimum atomic E-state index is 0.0565. The van der Waals surface area contributed by atoms with Crippen LogP contribution in [-0.2, 0) is 4.79 Å². The van der Waals surface area contributed by atoms with Crippen LogP contribution in [0.5, 0.6) is 0 Å². The van der Waals surface area contributed by atoms with Crippen molar-refractivity contribution in [1.82, 2.24) is 19.9 Å². The first kappa shape index (κ1) is 17.6. The summed E-state index contributed by atoms with van der Waals surface area (Å²) in [6, 6.07) is 18.1. The summed E-state index contributed by atoms with van der Waals surface area (Å²) in [6.45, 7) is 1.50. The molecule has 29 heavy (non-hydrogen) atoms. The highest BCUT2D eigenvalue weighted by molar-refractivity contribution is 5.95. The monoisotopic (exact) mass is 382 g/mol. The molecule has 144 valence electrons. The maximum atomic E-state index is 12.7. The number of nitrogens with zero attached hydrogens (tertiary/aromatic N) is 3. The largest absolute Gasteiger partial charge is 0.342 e. The standard InChI is InChI=1S/C24H22N4O/c29-22(11-10-18-6-3-5-17-7-4-14-25-23(17)18)28-15-12-19(13-16-28)24-26-20-8-1-2-9-21(20)27-24/h1-11,14,19H,12-13,15-16H2,(H,26,27)/b11-10+. The van der Waals surface area contributed by atoms with Crippen molar-refractivity contribution in [1.29, 1.82) is 0 Å². The number of aromatic nitrogens is 3. The predicted molar refractivity (Wildman–Crippen MR) is 115 cm³/mol. The first-order valence-electron chi connectivity index (χ1n) is 10.0. The third-order valence-electron chi connectivity index (χ3n) is 5.67. The van der Waals surface area contributed by atoms with Crippen LogP contribution in [0.25, 0.3) is 28.0 Å². The van der Waals surface area contributed by atoms with Crippen LogP contribution in [0.3, 0.4) is 0 Å². The fourth-order valence-corrected chi connectivity index (χ4v) is 4.07. The summed E-state index contributed by atoms with van der Waals surface area (Å²) in [5.74, 6) is 1.47. The molecule has 2 aromatic carbocycles. The van der Waals surface area contributed by atoms with Crippen molar-refractivity contribution in [3.8, 4) is 0 Å². The number of amides is 1. The Morgan fingerprint density at radius 3 is 2.72 bits per heavy atom. The number of imidazole rings is 1. The molecule has 1 fully saturated rings. The van der Waals surface area contributed by atoms with Crippen molar-refractivity contribution in [3.05, 3.63) is 78.3 Å². The van der Waals surface area contributed by atoms with Gasteiger partial charge in [-0.3, -0.25) is 9.78 Å². The van der Waals surface area contributed by atoms with E-state index in [0.717, 1.165) is 59.3 Å². The van der Waals surface area contributed by atoms with E-state index in [1.54, 1.807) is 12.3 Å². The average Bonchev–Trinajstić information content (AvgIpc) is 3.22. The number of rotatable bonds is 3. The van der Waals surface area contributed by atoms with Crippen LogP contribution in [0, 0.1) is 0 Å². The van der Waals surface area contributed by atoms with Gasteiger partial charge in [-0.2, -0.15) is 0 Å². The van der Waals surface area contributed by atoms with Crippen molar-refractivity contribution in [2.75, 3.05) is 13.1 Å². The molecule has 0 unspecified atom stereocenters. The van der Waals surface area contributed by atoms with E-state index in [2.05, 4.69) is 16.0 Å². The lowest BCUT2D eigenvalue weighted by molar-refractivity contribution is -0.127. The first-order valence-corrected chi connectivity index (χ1v) is 10.0. The molecule has 0 spiro atoms. The molecule has 1 saturated heterocycles. The Morgan fingerprint density at radius 2 is 1.86 bits per heavy atom. The normalized spacial score (nSPS) is 15.5. The van der Waals surface area contributed by atoms with Crippen LogP contribution in [0.4, 0.5) is 0 Å². The van der Waals surface area contributed by atoms with E-state index in [-0.39, 0.29) is 5.91 Å². The molecule has 1 N–H and O–H groups in total. The first-order chi connectivity index (χ1) is 14.3. The van der Waals surface area contributed by atoms with Crippen molar-refractivity contribution in [2.24, 2.45) is 0 Å². The van der Waals surface area contributed by atoms with Gasteiger partial charge < -0.3 is 9.88 Å². The number of carbonyl (C=O) groups is 1. The summed E-state index contributed by atoms with van der Waals surface area (Å²) in [7, 11) is 0. The van der Waals surface area contributed by atoms with Gasteiger partial charge in [-0.25, -0.2) is 4.98 Å². The summed E-state index contributed by atoms with van der Waals surface area (Å²) in [5, 5.41) is 1.08. The van der Waals surface area contributed by atoms with E-state index in [1.807, 2.05) is 59.5 Å². The Morgan fingerprint density at radius 1 is 1.03 bits per heavy atom. The molecule has 0 bridgehead atoms. The lowest BCUT2D eigenvalue weighted by Crippen LogP contribution is -2.37. The molecule has 0 radical (unpaired) electrons. The van der Waals surface area contributed by atoms with Gasteiger partial charge in [0.05, 0.1) is 16.6 Å². The molecule has 5 rings (SSSR count). The van der Waals surface area contributed by atoms with Crippen LogP contribution in [0.15, 0.2) is 66.9 Å². The molecular weight excluding hydrogens is 360 g/mol. The van der Waals surface area contributed by atoms with Gasteiger partial charge in [0.2, 0.25) is 5.91 Å². The number of piperidine rings is 1. The molecular formula is C24H22N4O. The number of para-hydroxylation sites is 3. The number of hydrogen-bond acceptors (Lipinski definition) is 3. The molecule has 1 aliphatic rings. The molecule has 0 aliphatic carbocycles. The van der Waals surface area contributed by atoms with E-state index in [0.29, 0.717) is 5.92 Å². The van der Waals surface area contributed by atoms with E-state index in [1.165, 1.54) is 0 Å². The van der Waals surface area contributed by atoms with Gasteiger partial charge in [0.25, 0.3) is 0 Å². The number of nitrogens with one attached hydrogen (secondary N) is 1. The minimum absolute atomic E-state index is 0.0565. The van der Waals surface area contributed by atoms with Gasteiger partial charge in [0.1, 0.15) is 5.82 Å². The lowest BCUT2D eigenvalue weighted by atomic mass is 9.96. The molecule has 1 aliphatic heterocycles. The molecule has 4 aromatic rings. The van der Waals surface area contributed by atoms with E-state index in [9.17, 15) is 4.79 Å². The number of carbonyl (C=O) groups excluding carboxylic acids is 1. The molecule has 5 heteroatoms. The number of fused-ring (bicyclic) bond motifs is 2. The van der Waals surface area contributed by atoms with Gasteiger partial charge in [-0.1, -0.05) is 36.4 Å². The predicted octanol–water partition coefficient (Wildman–Crippen LogP) is 4.53. The number of benzene rings is 2. The second kappa shape index (κ2) is 7.51. The van der Waals surface area contributed by atoms with E-state index >= 15 is 0 Å². The van der Waals surface area contributed by atoms with Gasteiger partial charge in [0.15, 0.2) is 0 Å². The Bertz CT molecular complexity index is 1160. The SMILES string of the molecule is O=C(/C=C/c1cccc2cccnc12)N1CCC(c2nc3ccccc3[nH]2)CC1. The fraction of sp³-hybridized carbons (Fsp3) is 0.208. The summed E-state index contributed by atoms with van der Waals surface area (Å²) >= 11 is 0. The maximum Gasteiger partial charge on any atom is 0.246 e. The topological polar surface area (TPSA) is 61.9 Å². The number of H-pyrrole nitrogens is 1. The fourth-order valence-electron chi connectivity index (χ4n) is 4.07. The average molecular weight is 382 g/mol. The maximum absolute atomic E-state index is 12.7. The summed E-state index contributed by atoms with van der Waals surface area (Å²) in [5.41, 5.74) is 3.97. The summed E-state index contributed by atoms with van der Waals surface area (Å²) in [4.78, 5) is 27.2. The second-order valence-corrected chi connectivity index (χ2v) is 7.49. The third-order valence-corrected chi connectivity index (χ3v) is 5.67. The number of aromatic amines is 1. The highest BCUT2D eigenvalue weighted by Crippen LogP contribution is 2.28. The molecule has 5 nitrogen and oxygen atoms in total. The van der Waals surface area contributed by atoms with Crippen molar-refractivity contribution >= 4 is 33.9 Å². The highest BCUT2D eigenvalue weighted by atomic mass is 16.2. The summed E-state index contributed by atoms with van der Waals surface area (Å²) < 4.78 is 0. The third kappa shape index (κ3) is 3.51. The molecule has 2 aromatic heterocycles. The second-order valence-electron chi connectivity index (χ2n) is 7.49. The van der Waals surface area contributed by atoms with Crippen LogP contribution in [-0.4, -0.2) is 38.8 Å². The van der Waals surface area contributed by atoms with Crippen molar-refractivity contribution in [3.63, 3.8) is 0 Å². The zero-order chi connectivity index (χ0) is 19.6. The number of pyridine rings is 1. The molecule has 3 heterocycles. The van der Waals surface area contributed by atoms with Gasteiger partial charge in [0, 0.05) is 42.2 Å². The quantitative estimate of drug-likeness (QED) is 0.530. The highest BCUT2D eigenvalue weighted by Gasteiger charge is 2.24. The Balaban J connectivity index is 1.25. The number of likely N-dealkylation sites (tertiary alicyclic amines) is 1. The van der Waals surface area contributed by atoms with Crippen LogP contribution < -0.4 is 0 Å². The van der Waals surface area contributed by atoms with Gasteiger partial charge in [-0.15, -0.1) is 0 Å². The summed E-state index contributed by atoms with van der Waals surface area (Å²) in [6.07, 6.45) is 7.18. The van der Waals surface area contributed by atoms with Gasteiger partial charge >= 0.3 is 0 Å². The van der Waals surface area contributed by atoms with Crippen LogP contribution >= 0.6 is 0 Å². The van der Waals surface area contributed by atoms with E-state index < -0.39 is 0 Å². The van der Waals surface area contributed by atoms with Crippen molar-refractivity contribution < 1.29 is 4.79 Å². The Labute approximate surface area is 169 Å². The Kier molecular flexibility index (Phi) is 4.56. The lowest BCUT2D eigenvalue weighted by Gasteiger charge is -2.30. The Hall–Kier alpha value is -3.47. The van der Waals surface area contributed by atoms with Crippen LogP contribution in [0.2, 0.25) is 0 Å². The van der Waals surface area contributed by atoms with Crippen LogP contribution in [0.1, 0.15) is 30.1 Å².